The Labute approximate surface area is 273 Å². The highest BCUT2D eigenvalue weighted by molar-refractivity contribution is 9.09. The first kappa shape index (κ1) is 41.9. The number of halogens is 1. The van der Waals surface area contributed by atoms with Crippen LogP contribution in [0.4, 0.5) is 0 Å². The molecule has 0 aliphatic rings. The van der Waals surface area contributed by atoms with Crippen molar-refractivity contribution in [3.63, 3.8) is 0 Å². The number of ether oxygens (including phenoxy) is 2. The van der Waals surface area contributed by atoms with Crippen molar-refractivity contribution >= 4 is 15.9 Å². The van der Waals surface area contributed by atoms with Crippen LogP contribution in [0.15, 0.2) is 0 Å². The maximum absolute atomic E-state index is 9.99. The smallest absolute Gasteiger partial charge is 0.158 e. The van der Waals surface area contributed by atoms with Crippen molar-refractivity contribution in [2.75, 3.05) is 18.5 Å². The van der Waals surface area contributed by atoms with Gasteiger partial charge in [-0.2, -0.15) is 5.26 Å². The van der Waals surface area contributed by atoms with Gasteiger partial charge in [0.05, 0.1) is 12.0 Å². The molecule has 0 N–H and O–H groups in total. The van der Waals surface area contributed by atoms with Crippen LogP contribution in [0, 0.1) is 29.1 Å². The molecule has 0 amide bonds. The molecule has 0 fully saturated rings. The summed E-state index contributed by atoms with van der Waals surface area (Å²) in [4.78, 5) is 0. The lowest BCUT2D eigenvalue weighted by molar-refractivity contribution is -0.154. The lowest BCUT2D eigenvalue weighted by Crippen LogP contribution is -2.24. The highest BCUT2D eigenvalue weighted by Crippen LogP contribution is 2.25. The SMILES string of the molecule is CCCCCC(CCCCC)CCOC(CC(C#N)CCCCCCCCBr)OCCC(CCCCC)CCCCC. The molecule has 0 aliphatic carbocycles. The molecule has 250 valence electrons. The van der Waals surface area contributed by atoms with Gasteiger partial charge >= 0.3 is 0 Å². The van der Waals surface area contributed by atoms with E-state index in [1.165, 1.54) is 135 Å². The molecular weight excluding hydrogens is 582 g/mol. The second-order valence-electron chi connectivity index (χ2n) is 13.1. The van der Waals surface area contributed by atoms with Gasteiger partial charge in [-0.25, -0.2) is 0 Å². The molecule has 1 unspecified atom stereocenters. The molecule has 0 aromatic rings. The van der Waals surface area contributed by atoms with Crippen LogP contribution in [0.2, 0.25) is 0 Å². The summed E-state index contributed by atoms with van der Waals surface area (Å²) in [5.74, 6) is 1.57. The Hall–Kier alpha value is -0.110. The van der Waals surface area contributed by atoms with E-state index in [1.54, 1.807) is 0 Å². The monoisotopic (exact) mass is 655 g/mol. The molecule has 0 bridgehead atoms. The molecule has 42 heavy (non-hydrogen) atoms. The summed E-state index contributed by atoms with van der Waals surface area (Å²) in [6.45, 7) is 10.7. The summed E-state index contributed by atoms with van der Waals surface area (Å²) < 4.78 is 13.0. The van der Waals surface area contributed by atoms with Gasteiger partial charge in [0, 0.05) is 25.0 Å². The molecular formula is C38H74BrNO2. The van der Waals surface area contributed by atoms with Crippen molar-refractivity contribution in [2.45, 2.75) is 201 Å². The van der Waals surface area contributed by atoms with E-state index in [1.807, 2.05) is 0 Å². The van der Waals surface area contributed by atoms with Crippen LogP contribution in [-0.4, -0.2) is 24.8 Å². The third kappa shape index (κ3) is 27.4. The number of rotatable bonds is 34. The summed E-state index contributed by atoms with van der Waals surface area (Å²) >= 11 is 3.53. The number of nitrogens with zero attached hydrogens (tertiary/aromatic N) is 1. The summed E-state index contributed by atoms with van der Waals surface area (Å²) in [5, 5.41) is 11.1. The maximum Gasteiger partial charge on any atom is 0.158 e. The fourth-order valence-electron chi connectivity index (χ4n) is 6.17. The Bertz CT molecular complexity index is 516. The van der Waals surface area contributed by atoms with E-state index in [0.29, 0.717) is 0 Å². The van der Waals surface area contributed by atoms with Crippen molar-refractivity contribution in [3.05, 3.63) is 0 Å². The van der Waals surface area contributed by atoms with E-state index in [9.17, 15) is 5.26 Å². The summed E-state index contributed by atoms with van der Waals surface area (Å²) in [6, 6.07) is 2.61. The zero-order chi connectivity index (χ0) is 30.9. The van der Waals surface area contributed by atoms with Crippen molar-refractivity contribution in [1.82, 2.24) is 0 Å². The highest BCUT2D eigenvalue weighted by Gasteiger charge is 2.19. The second kappa shape index (κ2) is 33.8. The van der Waals surface area contributed by atoms with Gasteiger partial charge < -0.3 is 9.47 Å². The van der Waals surface area contributed by atoms with Crippen molar-refractivity contribution in [1.29, 1.82) is 5.26 Å². The van der Waals surface area contributed by atoms with Crippen LogP contribution in [0.5, 0.6) is 0 Å². The Morgan fingerprint density at radius 2 is 0.881 bits per heavy atom. The van der Waals surface area contributed by atoms with Crippen molar-refractivity contribution < 1.29 is 9.47 Å². The molecule has 0 aromatic carbocycles. The van der Waals surface area contributed by atoms with Gasteiger partial charge in [0.15, 0.2) is 6.29 Å². The van der Waals surface area contributed by atoms with Gasteiger partial charge in [-0.1, -0.05) is 178 Å². The third-order valence-corrected chi connectivity index (χ3v) is 9.68. The van der Waals surface area contributed by atoms with Gasteiger partial charge in [0.25, 0.3) is 0 Å². The van der Waals surface area contributed by atoms with Gasteiger partial charge in [-0.05, 0) is 37.5 Å². The van der Waals surface area contributed by atoms with E-state index in [2.05, 4.69) is 49.7 Å². The van der Waals surface area contributed by atoms with Gasteiger partial charge in [0.2, 0.25) is 0 Å². The first-order chi connectivity index (χ1) is 20.6. The Kier molecular flexibility index (Phi) is 33.7. The van der Waals surface area contributed by atoms with Crippen molar-refractivity contribution in [2.24, 2.45) is 17.8 Å². The lowest BCUT2D eigenvalue weighted by Gasteiger charge is -2.24. The van der Waals surface area contributed by atoms with Crippen molar-refractivity contribution in [3.8, 4) is 6.07 Å². The largest absolute Gasteiger partial charge is 0.353 e. The van der Waals surface area contributed by atoms with Crippen LogP contribution in [0.3, 0.4) is 0 Å². The predicted molar refractivity (Wildman–Crippen MR) is 188 cm³/mol. The quantitative estimate of drug-likeness (QED) is 0.0393. The molecule has 0 aromatic heterocycles. The van der Waals surface area contributed by atoms with Crippen LogP contribution < -0.4 is 0 Å². The van der Waals surface area contributed by atoms with E-state index in [4.69, 9.17) is 9.47 Å². The zero-order valence-corrected chi connectivity index (χ0v) is 30.5. The van der Waals surface area contributed by atoms with Gasteiger partial charge in [-0.3, -0.25) is 0 Å². The Morgan fingerprint density at radius 1 is 0.500 bits per heavy atom. The number of hydrogen-bond donors (Lipinski definition) is 0. The number of hydrogen-bond acceptors (Lipinski definition) is 3. The van der Waals surface area contributed by atoms with Crippen LogP contribution in [0.25, 0.3) is 0 Å². The molecule has 1 atom stereocenters. The molecule has 0 saturated carbocycles. The lowest BCUT2D eigenvalue weighted by atomic mass is 9.92. The summed E-state index contributed by atoms with van der Waals surface area (Å²) in [7, 11) is 0. The first-order valence-electron chi connectivity index (χ1n) is 18.8. The number of alkyl halides is 1. The molecule has 0 heterocycles. The molecule has 0 rings (SSSR count). The molecule has 3 nitrogen and oxygen atoms in total. The van der Waals surface area contributed by atoms with Crippen LogP contribution in [0.1, 0.15) is 195 Å². The first-order valence-corrected chi connectivity index (χ1v) is 20.0. The third-order valence-electron chi connectivity index (χ3n) is 9.12. The highest BCUT2D eigenvalue weighted by atomic mass is 79.9. The van der Waals surface area contributed by atoms with E-state index in [-0.39, 0.29) is 12.2 Å². The molecule has 0 aliphatic heterocycles. The van der Waals surface area contributed by atoms with Crippen LogP contribution >= 0.6 is 15.9 Å². The Morgan fingerprint density at radius 3 is 1.26 bits per heavy atom. The minimum absolute atomic E-state index is 0.0346. The van der Waals surface area contributed by atoms with Gasteiger partial charge in [0.1, 0.15) is 0 Å². The molecule has 0 radical (unpaired) electrons. The number of nitriles is 1. The predicted octanol–water partition coefficient (Wildman–Crippen LogP) is 13.3. The minimum Gasteiger partial charge on any atom is -0.353 e. The minimum atomic E-state index is -0.229. The van der Waals surface area contributed by atoms with E-state index >= 15 is 0 Å². The summed E-state index contributed by atoms with van der Waals surface area (Å²) in [6.07, 6.45) is 32.6. The fourth-order valence-corrected chi connectivity index (χ4v) is 6.57. The van der Waals surface area contributed by atoms with E-state index in [0.717, 1.165) is 62.5 Å². The summed E-state index contributed by atoms with van der Waals surface area (Å²) in [5.41, 5.74) is 0. The average molecular weight is 657 g/mol. The topological polar surface area (TPSA) is 42.2 Å². The standard InChI is InChI=1S/C38H74BrNO2/c1-5-9-17-23-35(24-18-10-6-2)28-31-41-38(33-37(34-40)27-21-15-13-14-16-22-30-39)42-32-29-36(25-19-11-7-3)26-20-12-8-4/h35-38H,5-33H2,1-4H3. The average Bonchev–Trinajstić information content (AvgIpc) is 2.99. The molecule has 4 heteroatoms. The normalized spacial score (nSPS) is 12.5. The second-order valence-corrected chi connectivity index (χ2v) is 13.9. The van der Waals surface area contributed by atoms with E-state index < -0.39 is 0 Å². The number of unbranched alkanes of at least 4 members (excludes halogenated alkanes) is 13. The Balaban J connectivity index is 4.99. The van der Waals surface area contributed by atoms with Crippen LogP contribution in [-0.2, 0) is 9.47 Å². The molecule has 0 saturated heterocycles. The fraction of sp³-hybridized carbons (Fsp3) is 0.974. The zero-order valence-electron chi connectivity index (χ0n) is 29.0. The maximum atomic E-state index is 9.99. The molecule has 0 spiro atoms. The van der Waals surface area contributed by atoms with Gasteiger partial charge in [-0.15, -0.1) is 0 Å².